The highest BCUT2D eigenvalue weighted by Crippen LogP contribution is 2.19. The minimum absolute atomic E-state index is 0. The van der Waals surface area contributed by atoms with Crippen LogP contribution in [0.5, 0.6) is 0 Å². The van der Waals surface area contributed by atoms with Crippen molar-refractivity contribution in [1.29, 1.82) is 0 Å². The quantitative estimate of drug-likeness (QED) is 0.590. The largest absolute Gasteiger partial charge is 0.479 e. The van der Waals surface area contributed by atoms with E-state index in [1.165, 1.54) is 0 Å². The number of hydrogen-bond acceptors (Lipinski definition) is 2. The molecule has 0 aliphatic carbocycles. The molecule has 5 heteroatoms. The molecule has 1 fully saturated rings. The van der Waals surface area contributed by atoms with Crippen LogP contribution in [0, 0.1) is 0 Å². The first-order valence-corrected chi connectivity index (χ1v) is 2.78. The summed E-state index contributed by atoms with van der Waals surface area (Å²) >= 11 is 0. The molecule has 10 heavy (non-hydrogen) atoms. The van der Waals surface area contributed by atoms with Crippen molar-refractivity contribution >= 4 is 18.4 Å². The number of alkyl halides is 1. The average Bonchev–Trinajstić information content (AvgIpc) is 2.16. The molecule has 0 aromatic carbocycles. The van der Waals surface area contributed by atoms with Gasteiger partial charge in [-0.25, -0.2) is 9.18 Å². The van der Waals surface area contributed by atoms with Gasteiger partial charge in [-0.15, -0.1) is 12.4 Å². The van der Waals surface area contributed by atoms with E-state index >= 15 is 0 Å². The van der Waals surface area contributed by atoms with Gasteiger partial charge in [0.25, 0.3) is 0 Å². The molecule has 0 aromatic rings. The van der Waals surface area contributed by atoms with Crippen LogP contribution in [-0.2, 0) is 4.79 Å². The smallest absolute Gasteiger partial charge is 0.342 e. The second kappa shape index (κ2) is 3.16. The van der Waals surface area contributed by atoms with Crippen molar-refractivity contribution in [2.75, 3.05) is 13.1 Å². The molecule has 3 nitrogen and oxygen atoms in total. The van der Waals surface area contributed by atoms with Crippen LogP contribution in [0.15, 0.2) is 0 Å². The first-order chi connectivity index (χ1) is 4.15. The Hall–Kier alpha value is -0.350. The van der Waals surface area contributed by atoms with E-state index in [2.05, 4.69) is 5.32 Å². The fraction of sp³-hybridized carbons (Fsp3) is 0.800. The number of rotatable bonds is 1. The van der Waals surface area contributed by atoms with Crippen molar-refractivity contribution in [3.05, 3.63) is 0 Å². The number of carboxylic acids is 1. The van der Waals surface area contributed by atoms with Gasteiger partial charge in [-0.2, -0.15) is 0 Å². The van der Waals surface area contributed by atoms with Crippen molar-refractivity contribution in [3.63, 3.8) is 0 Å². The van der Waals surface area contributed by atoms with E-state index < -0.39 is 11.6 Å². The van der Waals surface area contributed by atoms with E-state index in [-0.39, 0.29) is 25.4 Å². The zero-order chi connectivity index (χ0) is 6.91. The van der Waals surface area contributed by atoms with E-state index in [9.17, 15) is 9.18 Å². The minimum atomic E-state index is -2.00. The van der Waals surface area contributed by atoms with Gasteiger partial charge in [-0.05, 0) is 6.54 Å². The molecular formula is C5H9ClFNO2. The maximum Gasteiger partial charge on any atom is 0.342 e. The molecule has 0 radical (unpaired) electrons. The maximum atomic E-state index is 12.8. The van der Waals surface area contributed by atoms with Gasteiger partial charge in [0.05, 0.1) is 0 Å². The predicted octanol–water partition coefficient (Wildman–Crippen LogP) is 0.194. The van der Waals surface area contributed by atoms with Crippen LogP contribution in [0.3, 0.4) is 0 Å². The van der Waals surface area contributed by atoms with Crippen molar-refractivity contribution in [2.45, 2.75) is 12.1 Å². The van der Waals surface area contributed by atoms with E-state index in [4.69, 9.17) is 5.11 Å². The van der Waals surface area contributed by atoms with Crippen LogP contribution in [0.4, 0.5) is 4.39 Å². The van der Waals surface area contributed by atoms with Gasteiger partial charge >= 0.3 is 5.97 Å². The molecule has 1 heterocycles. The van der Waals surface area contributed by atoms with Crippen LogP contribution >= 0.6 is 12.4 Å². The second-order valence-corrected chi connectivity index (χ2v) is 2.20. The normalized spacial score (nSPS) is 31.3. The highest BCUT2D eigenvalue weighted by molar-refractivity contribution is 5.85. The van der Waals surface area contributed by atoms with E-state index in [1.807, 2.05) is 0 Å². The Kier molecular flexibility index (Phi) is 3.05. The number of aliphatic carboxylic acids is 1. The molecule has 1 rings (SSSR count). The van der Waals surface area contributed by atoms with E-state index in [0.717, 1.165) is 0 Å². The molecule has 0 unspecified atom stereocenters. The summed E-state index contributed by atoms with van der Waals surface area (Å²) in [5, 5.41) is 10.9. The monoisotopic (exact) mass is 169 g/mol. The Labute approximate surface area is 64.0 Å². The third kappa shape index (κ3) is 1.58. The highest BCUT2D eigenvalue weighted by atomic mass is 35.5. The van der Waals surface area contributed by atoms with Gasteiger partial charge in [0, 0.05) is 13.0 Å². The number of halogens is 2. The molecule has 1 atom stereocenters. The topological polar surface area (TPSA) is 49.3 Å². The van der Waals surface area contributed by atoms with Crippen LogP contribution < -0.4 is 5.32 Å². The Morgan fingerprint density at radius 2 is 2.30 bits per heavy atom. The van der Waals surface area contributed by atoms with Crippen LogP contribution in [0.2, 0.25) is 0 Å². The molecule has 60 valence electrons. The minimum Gasteiger partial charge on any atom is -0.479 e. The highest BCUT2D eigenvalue weighted by Gasteiger charge is 2.41. The van der Waals surface area contributed by atoms with Crippen molar-refractivity contribution in [1.82, 2.24) is 5.32 Å². The van der Waals surface area contributed by atoms with Crippen LogP contribution in [0.25, 0.3) is 0 Å². The first kappa shape index (κ1) is 9.65. The Balaban J connectivity index is 0.000000810. The second-order valence-electron chi connectivity index (χ2n) is 2.20. The SMILES string of the molecule is Cl.O=C(O)[C@]1(F)CCNC1. The lowest BCUT2D eigenvalue weighted by Crippen LogP contribution is -2.35. The summed E-state index contributed by atoms with van der Waals surface area (Å²) in [6, 6.07) is 0. The van der Waals surface area contributed by atoms with Gasteiger partial charge in [0.1, 0.15) is 0 Å². The summed E-state index contributed by atoms with van der Waals surface area (Å²) in [4.78, 5) is 10.1. The van der Waals surface area contributed by atoms with Crippen molar-refractivity contribution in [2.24, 2.45) is 0 Å². The molecule has 1 aliphatic rings. The predicted molar refractivity (Wildman–Crippen MR) is 36.2 cm³/mol. The molecule has 0 saturated carbocycles. The summed E-state index contributed by atoms with van der Waals surface area (Å²) in [6.45, 7) is 0.408. The standard InChI is InChI=1S/C5H8FNO2.ClH/c6-5(4(8)9)1-2-7-3-5;/h7H,1-3H2,(H,8,9);1H/t5-;/m0./s1. The summed E-state index contributed by atoms with van der Waals surface area (Å²) in [5.41, 5.74) is -2.00. The summed E-state index contributed by atoms with van der Waals surface area (Å²) < 4.78 is 12.8. The molecule has 0 aromatic heterocycles. The lowest BCUT2D eigenvalue weighted by Gasteiger charge is -2.09. The molecule has 0 spiro atoms. The third-order valence-electron chi connectivity index (χ3n) is 1.49. The fourth-order valence-electron chi connectivity index (χ4n) is 0.844. The molecule has 1 aliphatic heterocycles. The van der Waals surface area contributed by atoms with Gasteiger partial charge in [0.2, 0.25) is 5.67 Å². The van der Waals surface area contributed by atoms with Crippen LogP contribution in [-0.4, -0.2) is 29.8 Å². The van der Waals surface area contributed by atoms with E-state index in [0.29, 0.717) is 6.54 Å². The summed E-state index contributed by atoms with van der Waals surface area (Å²) in [5.74, 6) is -1.35. The zero-order valence-electron chi connectivity index (χ0n) is 5.26. The number of nitrogens with one attached hydrogen (secondary N) is 1. The molecular weight excluding hydrogens is 161 g/mol. The lowest BCUT2D eigenvalue weighted by molar-refractivity contribution is -0.149. The Morgan fingerprint density at radius 1 is 1.70 bits per heavy atom. The zero-order valence-corrected chi connectivity index (χ0v) is 6.08. The van der Waals surface area contributed by atoms with Gasteiger partial charge in [0.15, 0.2) is 0 Å². The molecule has 1 saturated heterocycles. The van der Waals surface area contributed by atoms with Gasteiger partial charge in [-0.1, -0.05) is 0 Å². The molecule has 0 bridgehead atoms. The number of hydrogen-bond donors (Lipinski definition) is 2. The summed E-state index contributed by atoms with van der Waals surface area (Å²) in [7, 11) is 0. The molecule has 0 amide bonds. The Morgan fingerprint density at radius 3 is 2.50 bits per heavy atom. The first-order valence-electron chi connectivity index (χ1n) is 2.78. The molecule has 2 N–H and O–H groups in total. The van der Waals surface area contributed by atoms with Crippen LogP contribution in [0.1, 0.15) is 6.42 Å². The van der Waals surface area contributed by atoms with Crippen molar-refractivity contribution < 1.29 is 14.3 Å². The Bertz CT molecular complexity index is 136. The van der Waals surface area contributed by atoms with Gasteiger partial charge < -0.3 is 10.4 Å². The van der Waals surface area contributed by atoms with Crippen molar-refractivity contribution in [3.8, 4) is 0 Å². The fourth-order valence-corrected chi connectivity index (χ4v) is 0.844. The maximum absolute atomic E-state index is 12.8. The average molecular weight is 170 g/mol. The third-order valence-corrected chi connectivity index (χ3v) is 1.49. The number of carboxylic acid groups (broad SMARTS) is 1. The lowest BCUT2D eigenvalue weighted by atomic mass is 10.1. The van der Waals surface area contributed by atoms with E-state index in [1.54, 1.807) is 0 Å². The summed E-state index contributed by atoms with van der Waals surface area (Å²) in [6.07, 6.45) is 0.0856. The number of carbonyl (C=O) groups is 1. The van der Waals surface area contributed by atoms with Gasteiger partial charge in [-0.3, -0.25) is 0 Å².